The fraction of sp³-hybridized carbons (Fsp3) is 0.276. The third kappa shape index (κ3) is 6.17. The molecule has 0 saturated carbocycles. The molecule has 2 aromatic carbocycles. The van der Waals surface area contributed by atoms with Gasteiger partial charge in [-0.15, -0.1) is 0 Å². The van der Waals surface area contributed by atoms with Gasteiger partial charge in [0.15, 0.2) is 4.90 Å². The lowest BCUT2D eigenvalue weighted by Gasteiger charge is -2.26. The molecular formula is C29H29F2N3O7S. The maximum absolute atomic E-state index is 14.2. The molecule has 0 saturated heterocycles. The number of aryl methyl sites for hydroxylation is 1. The monoisotopic (exact) mass is 601 g/mol. The van der Waals surface area contributed by atoms with E-state index in [1.54, 1.807) is 39.2 Å². The van der Waals surface area contributed by atoms with Crippen molar-refractivity contribution < 1.29 is 31.8 Å². The predicted octanol–water partition coefficient (Wildman–Crippen LogP) is 3.59. The summed E-state index contributed by atoms with van der Waals surface area (Å²) in [5.41, 5.74) is -0.804. The van der Waals surface area contributed by atoms with Crippen LogP contribution in [0.4, 0.5) is 8.78 Å². The average molecular weight is 602 g/mol. The normalized spacial score (nSPS) is 12.5. The smallest absolute Gasteiger partial charge is 0.296 e. The molecule has 1 N–H and O–H groups in total. The highest BCUT2D eigenvalue weighted by atomic mass is 32.2. The summed E-state index contributed by atoms with van der Waals surface area (Å²) >= 11 is 0. The zero-order chi connectivity index (χ0) is 30.8. The first kappa shape index (κ1) is 30.8. The maximum Gasteiger partial charge on any atom is 0.296 e. The molecule has 0 bridgehead atoms. The molecule has 222 valence electrons. The maximum atomic E-state index is 14.2. The number of aromatic hydroxyl groups is 1. The highest BCUT2D eigenvalue weighted by Crippen LogP contribution is 2.33. The van der Waals surface area contributed by atoms with Crippen molar-refractivity contribution >= 4 is 9.84 Å². The van der Waals surface area contributed by atoms with Crippen molar-refractivity contribution in [2.45, 2.75) is 42.4 Å². The van der Waals surface area contributed by atoms with Crippen LogP contribution in [-0.4, -0.2) is 47.5 Å². The summed E-state index contributed by atoms with van der Waals surface area (Å²) in [6.07, 6.45) is 1.24. The number of aromatic nitrogens is 3. The van der Waals surface area contributed by atoms with E-state index in [1.807, 2.05) is 0 Å². The molecule has 0 fully saturated rings. The molecule has 0 amide bonds. The number of hydrogen-bond donors (Lipinski definition) is 1. The zero-order valence-corrected chi connectivity index (χ0v) is 24.1. The molecule has 2 aromatic heterocycles. The van der Waals surface area contributed by atoms with Gasteiger partial charge in [-0.05, 0) is 61.4 Å². The van der Waals surface area contributed by atoms with Gasteiger partial charge in [-0.25, -0.2) is 17.2 Å². The van der Waals surface area contributed by atoms with Crippen LogP contribution in [0.15, 0.2) is 80.2 Å². The van der Waals surface area contributed by atoms with E-state index in [2.05, 4.69) is 4.98 Å². The van der Waals surface area contributed by atoms with Crippen LogP contribution in [0.1, 0.15) is 31.3 Å². The first-order valence-electron chi connectivity index (χ1n) is 12.8. The molecule has 0 aliphatic carbocycles. The highest BCUT2D eigenvalue weighted by Gasteiger charge is 2.33. The fourth-order valence-corrected chi connectivity index (χ4v) is 5.79. The second kappa shape index (κ2) is 12.3. The largest absolute Gasteiger partial charge is 0.493 e. The van der Waals surface area contributed by atoms with E-state index in [-0.39, 0.29) is 41.2 Å². The van der Waals surface area contributed by atoms with Crippen LogP contribution in [-0.2, 0) is 33.0 Å². The van der Waals surface area contributed by atoms with Gasteiger partial charge >= 0.3 is 0 Å². The van der Waals surface area contributed by atoms with Crippen molar-refractivity contribution in [1.82, 2.24) is 14.1 Å². The number of halogens is 2. The quantitative estimate of drug-likeness (QED) is 0.292. The Morgan fingerprint density at radius 1 is 1.02 bits per heavy atom. The lowest BCUT2D eigenvalue weighted by atomic mass is 10.1. The molecule has 10 nitrogen and oxygen atoms in total. The summed E-state index contributed by atoms with van der Waals surface area (Å²) in [6.45, 7) is 2.81. The predicted molar refractivity (Wildman–Crippen MR) is 149 cm³/mol. The summed E-state index contributed by atoms with van der Waals surface area (Å²) in [5, 5.41) is 11.4. The first-order valence-corrected chi connectivity index (χ1v) is 14.3. The number of benzene rings is 2. The number of hydrogen-bond acceptors (Lipinski definition) is 8. The van der Waals surface area contributed by atoms with Crippen LogP contribution in [0.2, 0.25) is 0 Å². The number of nitrogens with zero attached hydrogens (tertiary/aromatic N) is 3. The molecule has 1 unspecified atom stereocenters. The van der Waals surface area contributed by atoms with Crippen LogP contribution in [0, 0.1) is 11.6 Å². The molecule has 0 radical (unpaired) electrons. The lowest BCUT2D eigenvalue weighted by molar-refractivity contribution is 0.0554. The van der Waals surface area contributed by atoms with Crippen molar-refractivity contribution in [1.29, 1.82) is 0 Å². The summed E-state index contributed by atoms with van der Waals surface area (Å²) in [5.74, 6) is -3.03. The van der Waals surface area contributed by atoms with Crippen molar-refractivity contribution in [3.63, 3.8) is 0 Å². The summed E-state index contributed by atoms with van der Waals surface area (Å²) < 4.78 is 69.0. The highest BCUT2D eigenvalue weighted by molar-refractivity contribution is 7.91. The molecule has 0 spiro atoms. The first-order chi connectivity index (χ1) is 19.8. The molecule has 1 atom stereocenters. The van der Waals surface area contributed by atoms with E-state index in [1.165, 1.54) is 35.9 Å². The Morgan fingerprint density at radius 2 is 1.67 bits per heavy atom. The van der Waals surface area contributed by atoms with E-state index in [0.29, 0.717) is 17.2 Å². The summed E-state index contributed by atoms with van der Waals surface area (Å²) in [4.78, 5) is 28.2. The van der Waals surface area contributed by atoms with Crippen LogP contribution in [0.25, 0.3) is 11.1 Å². The lowest BCUT2D eigenvalue weighted by Crippen LogP contribution is -2.30. The van der Waals surface area contributed by atoms with Crippen LogP contribution in [0.5, 0.6) is 5.88 Å². The minimum absolute atomic E-state index is 0.0157. The van der Waals surface area contributed by atoms with Crippen molar-refractivity contribution in [3.05, 3.63) is 105 Å². The summed E-state index contributed by atoms with van der Waals surface area (Å²) in [7, 11) is -1.81. The van der Waals surface area contributed by atoms with Gasteiger partial charge in [-0.3, -0.25) is 14.2 Å². The standard InChI is InChI=1S/C29H29F2N3O7S/c1-17(2)41-16-25-32-27(35)26(29(37)34(25)24(15-40-4)19-12-20(30)14-21(31)13-19)42(38,39)22-9-7-18(8-10-22)23-6-5-11-33(3)28(23)36/h5-14,17,24,37H,15-16H2,1-4H3. The number of methoxy groups -OCH3 is 1. The molecular weight excluding hydrogens is 572 g/mol. The Kier molecular flexibility index (Phi) is 9.04. The molecule has 2 heterocycles. The Hall–Kier alpha value is -4.20. The molecule has 42 heavy (non-hydrogen) atoms. The van der Waals surface area contributed by atoms with E-state index in [0.717, 1.165) is 16.7 Å². The van der Waals surface area contributed by atoms with Gasteiger partial charge in [0.2, 0.25) is 15.7 Å². The Bertz CT molecular complexity index is 1820. The molecule has 0 aliphatic heterocycles. The molecule has 13 heteroatoms. The van der Waals surface area contributed by atoms with Crippen LogP contribution in [0.3, 0.4) is 0 Å². The van der Waals surface area contributed by atoms with Crippen molar-refractivity contribution in [3.8, 4) is 17.0 Å². The SMILES string of the molecule is COCC(c1cc(F)cc(F)c1)n1c(COC(C)C)nc(=O)c(S(=O)(=O)c2ccc(-c3cccn(C)c3=O)cc2)c1O. The zero-order valence-electron chi connectivity index (χ0n) is 23.2. The van der Waals surface area contributed by atoms with E-state index < -0.39 is 43.8 Å². The molecule has 4 rings (SSSR count). The minimum Gasteiger partial charge on any atom is -0.493 e. The van der Waals surface area contributed by atoms with Gasteiger partial charge < -0.3 is 19.1 Å². The second-order valence-electron chi connectivity index (χ2n) is 9.76. The summed E-state index contributed by atoms with van der Waals surface area (Å²) in [6, 6.07) is 9.91. The van der Waals surface area contributed by atoms with Gasteiger partial charge in [0, 0.05) is 32.0 Å². The number of pyridine rings is 1. The Labute approximate surface area is 240 Å². The Balaban J connectivity index is 1.91. The van der Waals surface area contributed by atoms with E-state index >= 15 is 0 Å². The van der Waals surface area contributed by atoms with E-state index in [9.17, 15) is 31.9 Å². The van der Waals surface area contributed by atoms with Gasteiger partial charge in [-0.1, -0.05) is 12.1 Å². The van der Waals surface area contributed by atoms with Gasteiger partial charge in [0.05, 0.1) is 23.6 Å². The van der Waals surface area contributed by atoms with Gasteiger partial charge in [0.25, 0.3) is 11.1 Å². The number of sulfone groups is 1. The topological polar surface area (TPSA) is 130 Å². The van der Waals surface area contributed by atoms with Crippen molar-refractivity contribution in [2.75, 3.05) is 13.7 Å². The van der Waals surface area contributed by atoms with Crippen molar-refractivity contribution in [2.24, 2.45) is 7.05 Å². The third-order valence-corrected chi connectivity index (χ3v) is 8.24. The van der Waals surface area contributed by atoms with Gasteiger partial charge in [-0.2, -0.15) is 4.98 Å². The number of ether oxygens (including phenoxy) is 2. The average Bonchev–Trinajstić information content (AvgIpc) is 2.92. The second-order valence-corrected chi connectivity index (χ2v) is 11.6. The van der Waals surface area contributed by atoms with Gasteiger partial charge in [0.1, 0.15) is 24.1 Å². The van der Waals surface area contributed by atoms with E-state index in [4.69, 9.17) is 9.47 Å². The van der Waals surface area contributed by atoms with Crippen LogP contribution < -0.4 is 11.1 Å². The third-order valence-electron chi connectivity index (χ3n) is 6.45. The minimum atomic E-state index is -4.69. The Morgan fingerprint density at radius 3 is 2.26 bits per heavy atom. The molecule has 4 aromatic rings. The fourth-order valence-electron chi connectivity index (χ4n) is 4.45. The van der Waals surface area contributed by atoms with Crippen LogP contribution >= 0.6 is 0 Å². The molecule has 0 aliphatic rings. The number of rotatable bonds is 10.